The molecule has 1 aromatic carbocycles. The number of amides is 1. The van der Waals surface area contributed by atoms with Gasteiger partial charge in [0.15, 0.2) is 0 Å². The van der Waals surface area contributed by atoms with Crippen LogP contribution in [0.1, 0.15) is 64.4 Å². The number of benzene rings is 1. The monoisotopic (exact) mass is 621 g/mol. The molecule has 1 unspecified atom stereocenters. The molecule has 0 aromatic heterocycles. The second-order valence-corrected chi connectivity index (χ2v) is 17.8. The summed E-state index contributed by atoms with van der Waals surface area (Å²) in [6.45, 7) is 6.41. The number of rotatable bonds is 4. The first-order chi connectivity index (χ1) is 17.7. The SMILES string of the molecule is COc1ccc(Cl)c(Cl)c1[C@@H]1CCN(C(=O)OC(C)(C)C)[C@H](C(C=C2SCCCS2)=S2CCCCS2)C1. The van der Waals surface area contributed by atoms with E-state index in [0.29, 0.717) is 16.6 Å². The lowest BCUT2D eigenvalue weighted by atomic mass is 9.83. The van der Waals surface area contributed by atoms with Gasteiger partial charge in [-0.1, -0.05) is 23.2 Å². The number of carbonyl (C=O) groups excluding carboxylic acids is 1. The van der Waals surface area contributed by atoms with Crippen molar-refractivity contribution in [2.24, 2.45) is 0 Å². The van der Waals surface area contributed by atoms with Gasteiger partial charge < -0.3 is 14.4 Å². The lowest BCUT2D eigenvalue weighted by Gasteiger charge is -2.42. The van der Waals surface area contributed by atoms with E-state index in [1.54, 1.807) is 13.2 Å². The number of hydrogen-bond acceptors (Lipinski definition) is 6. The third-order valence-corrected chi connectivity index (χ3v) is 14.6. The van der Waals surface area contributed by atoms with Crippen LogP contribution in [0.5, 0.6) is 5.75 Å². The smallest absolute Gasteiger partial charge is 0.410 e. The molecule has 0 bridgehead atoms. The summed E-state index contributed by atoms with van der Waals surface area (Å²) in [5.41, 5.74) is 0.409. The number of piperidine rings is 1. The van der Waals surface area contributed by atoms with Crippen LogP contribution in [0.25, 0.3) is 0 Å². The Labute approximate surface area is 246 Å². The third kappa shape index (κ3) is 7.75. The lowest BCUT2D eigenvalue weighted by molar-refractivity contribution is 0.0155. The molecule has 3 aliphatic rings. The van der Waals surface area contributed by atoms with E-state index in [4.69, 9.17) is 32.7 Å². The molecule has 0 radical (unpaired) electrons. The van der Waals surface area contributed by atoms with Crippen LogP contribution in [-0.4, -0.2) is 64.2 Å². The molecule has 10 heteroatoms. The van der Waals surface area contributed by atoms with Gasteiger partial charge in [0.1, 0.15) is 11.4 Å². The maximum Gasteiger partial charge on any atom is 0.410 e. The van der Waals surface area contributed by atoms with Crippen LogP contribution in [0.3, 0.4) is 0 Å². The maximum absolute atomic E-state index is 13.6. The molecule has 0 N–H and O–H groups in total. The van der Waals surface area contributed by atoms with Gasteiger partial charge in [0, 0.05) is 27.0 Å². The van der Waals surface area contributed by atoms with Crippen molar-refractivity contribution in [3.63, 3.8) is 0 Å². The number of carbonyl (C=O) groups is 1. The zero-order valence-electron chi connectivity index (χ0n) is 22.0. The van der Waals surface area contributed by atoms with Gasteiger partial charge in [-0.05, 0) is 94.3 Å². The zero-order chi connectivity index (χ0) is 26.6. The van der Waals surface area contributed by atoms with Crippen molar-refractivity contribution < 1.29 is 14.3 Å². The molecular weight excluding hydrogens is 585 g/mol. The fourth-order valence-corrected chi connectivity index (χ4v) is 12.7. The first-order valence-electron chi connectivity index (χ1n) is 12.9. The summed E-state index contributed by atoms with van der Waals surface area (Å²) in [4.78, 5) is 16.9. The normalized spacial score (nSPS) is 25.5. The van der Waals surface area contributed by atoms with Crippen LogP contribution in [0.15, 0.2) is 22.4 Å². The van der Waals surface area contributed by atoms with Crippen LogP contribution in [0, 0.1) is 0 Å². The first-order valence-corrected chi connectivity index (χ1v) is 18.5. The fourth-order valence-electron chi connectivity index (χ4n) is 4.84. The number of likely N-dealkylation sites (tertiary alicyclic amines) is 1. The van der Waals surface area contributed by atoms with Crippen molar-refractivity contribution in [3.8, 4) is 5.75 Å². The van der Waals surface area contributed by atoms with Crippen molar-refractivity contribution in [2.45, 2.75) is 70.4 Å². The molecule has 3 fully saturated rings. The molecule has 4 rings (SSSR count). The zero-order valence-corrected chi connectivity index (χ0v) is 26.8. The Hall–Kier alpha value is -0.120. The molecule has 37 heavy (non-hydrogen) atoms. The van der Waals surface area contributed by atoms with E-state index in [-0.39, 0.29) is 27.6 Å². The van der Waals surface area contributed by atoms with E-state index >= 15 is 0 Å². The summed E-state index contributed by atoms with van der Waals surface area (Å²) in [6, 6.07) is 3.64. The van der Waals surface area contributed by atoms with E-state index in [2.05, 4.69) is 16.9 Å². The highest BCUT2D eigenvalue weighted by molar-refractivity contribution is 8.84. The number of halogens is 2. The Bertz CT molecular complexity index is 1040. The Kier molecular flexibility index (Phi) is 10.9. The van der Waals surface area contributed by atoms with Crippen molar-refractivity contribution in [3.05, 3.63) is 38.1 Å². The topological polar surface area (TPSA) is 38.8 Å². The average Bonchev–Trinajstić information content (AvgIpc) is 2.88. The van der Waals surface area contributed by atoms with Crippen LogP contribution in [0.2, 0.25) is 10.0 Å². The number of methoxy groups -OCH3 is 1. The quantitative estimate of drug-likeness (QED) is 0.190. The summed E-state index contributed by atoms with van der Waals surface area (Å²) in [6.07, 6.45) is 7.49. The summed E-state index contributed by atoms with van der Waals surface area (Å²) in [5.74, 6) is 5.55. The van der Waals surface area contributed by atoms with E-state index < -0.39 is 5.60 Å². The Morgan fingerprint density at radius 1 is 1.14 bits per heavy atom. The summed E-state index contributed by atoms with van der Waals surface area (Å²) in [7, 11) is 3.80. The standard InChI is InChI=1S/C27H37Cl2NO3S4/c1-27(2,3)33-26(31)30-11-10-18(24-21(32-4)9-8-19(28)25(24)29)16-20(30)22(37-15-6-5-14-36-37)17-23-34-12-7-13-35-23/h8-9,17-18,20H,5-7,10-16H2,1-4H3/t18-,20+,37?/m1/s1. The number of hydrogen-bond donors (Lipinski definition) is 0. The molecule has 206 valence electrons. The lowest BCUT2D eigenvalue weighted by Crippen LogP contribution is -2.51. The van der Waals surface area contributed by atoms with Crippen LogP contribution in [0.4, 0.5) is 4.79 Å². The second-order valence-electron chi connectivity index (χ2n) is 10.4. The second kappa shape index (κ2) is 13.5. The van der Waals surface area contributed by atoms with Gasteiger partial charge in [0.2, 0.25) is 0 Å². The summed E-state index contributed by atoms with van der Waals surface area (Å²) < 4.78 is 13.0. The molecule has 0 saturated carbocycles. The molecule has 3 atom stereocenters. The predicted octanol–water partition coefficient (Wildman–Crippen LogP) is 9.08. The molecule has 3 heterocycles. The molecule has 0 spiro atoms. The average molecular weight is 623 g/mol. The highest BCUT2D eigenvalue weighted by Gasteiger charge is 2.39. The van der Waals surface area contributed by atoms with Crippen LogP contribution >= 0.6 is 67.0 Å². The third-order valence-electron chi connectivity index (χ3n) is 6.53. The number of ether oxygens (including phenoxy) is 2. The van der Waals surface area contributed by atoms with Gasteiger partial charge in [-0.3, -0.25) is 0 Å². The molecule has 3 aliphatic heterocycles. The van der Waals surface area contributed by atoms with Gasteiger partial charge in [-0.2, -0.15) is 0 Å². The van der Waals surface area contributed by atoms with E-state index in [9.17, 15) is 4.79 Å². The minimum absolute atomic E-state index is 0.0575. The predicted molar refractivity (Wildman–Crippen MR) is 168 cm³/mol. The van der Waals surface area contributed by atoms with Crippen molar-refractivity contribution in [2.75, 3.05) is 36.7 Å². The van der Waals surface area contributed by atoms with Crippen molar-refractivity contribution in [1.29, 1.82) is 0 Å². The molecule has 3 saturated heterocycles. The van der Waals surface area contributed by atoms with Gasteiger partial charge in [-0.25, -0.2) is 4.79 Å². The summed E-state index contributed by atoms with van der Waals surface area (Å²) in [5, 5.41) is 1.10. The van der Waals surface area contributed by atoms with Gasteiger partial charge in [-0.15, -0.1) is 43.8 Å². The Morgan fingerprint density at radius 3 is 2.54 bits per heavy atom. The Morgan fingerprint density at radius 2 is 1.89 bits per heavy atom. The maximum atomic E-state index is 13.6. The highest BCUT2D eigenvalue weighted by Crippen LogP contribution is 2.47. The van der Waals surface area contributed by atoms with E-state index in [0.717, 1.165) is 35.7 Å². The molecule has 1 amide bonds. The van der Waals surface area contributed by atoms with E-state index in [1.807, 2.05) is 55.3 Å². The molecule has 1 aromatic rings. The highest BCUT2D eigenvalue weighted by atomic mass is 35.5. The van der Waals surface area contributed by atoms with E-state index in [1.165, 1.54) is 39.9 Å². The van der Waals surface area contributed by atoms with Gasteiger partial charge >= 0.3 is 6.09 Å². The minimum Gasteiger partial charge on any atom is -0.496 e. The number of thioether (sulfide) groups is 2. The minimum atomic E-state index is -0.548. The van der Waals surface area contributed by atoms with Gasteiger partial charge in [0.25, 0.3) is 0 Å². The fraction of sp³-hybridized carbons (Fsp3) is 0.630. The first kappa shape index (κ1) is 29.9. The van der Waals surface area contributed by atoms with Crippen molar-refractivity contribution in [1.82, 2.24) is 4.90 Å². The Balaban J connectivity index is 1.78. The number of nitrogens with zero attached hydrogens (tertiary/aromatic N) is 1. The van der Waals surface area contributed by atoms with Crippen molar-refractivity contribution >= 4 is 78.0 Å². The van der Waals surface area contributed by atoms with Crippen LogP contribution < -0.4 is 4.74 Å². The summed E-state index contributed by atoms with van der Waals surface area (Å²) >= 11 is 17.2. The molecular formula is C27H37Cl2NO3S4. The largest absolute Gasteiger partial charge is 0.496 e. The molecule has 4 nitrogen and oxygen atoms in total. The molecule has 0 aliphatic carbocycles. The van der Waals surface area contributed by atoms with Crippen LogP contribution in [-0.2, 0) is 4.74 Å². The van der Waals surface area contributed by atoms with Gasteiger partial charge in [0.05, 0.1) is 23.2 Å².